The van der Waals surface area contributed by atoms with Crippen LogP contribution in [0, 0.1) is 0 Å². The largest absolute Gasteiger partial charge is 0.508 e. The van der Waals surface area contributed by atoms with Crippen molar-refractivity contribution in [3.8, 4) is 0 Å². The molecule has 1 N–H and O–H groups in total. The fourth-order valence-corrected chi connectivity index (χ4v) is 2.12. The molecule has 9 heteroatoms. The molecule has 0 aromatic heterocycles. The highest BCUT2D eigenvalue weighted by Crippen LogP contribution is 2.27. The van der Waals surface area contributed by atoms with E-state index in [1.54, 1.807) is 13.8 Å². The molecule has 3 atom stereocenters. The zero-order chi connectivity index (χ0) is 16.5. The first kappa shape index (κ1) is 17.9. The standard InChI is InChI=1S/C13H20O9/c1-3-18-12(16)21-9-6-5-8(20-11(14)15)7-10(9)22-13(17)19-4-2/h8-10H,3-7H2,1-2H3,(H,14,15). The highest BCUT2D eigenvalue weighted by Gasteiger charge is 2.38. The van der Waals surface area contributed by atoms with Gasteiger partial charge in [-0.2, -0.15) is 0 Å². The molecule has 9 nitrogen and oxygen atoms in total. The quantitative estimate of drug-likeness (QED) is 0.601. The van der Waals surface area contributed by atoms with Crippen molar-refractivity contribution in [3.05, 3.63) is 0 Å². The molecule has 0 amide bonds. The van der Waals surface area contributed by atoms with Crippen LogP contribution in [-0.2, 0) is 23.7 Å². The molecule has 0 bridgehead atoms. The van der Waals surface area contributed by atoms with Crippen LogP contribution >= 0.6 is 0 Å². The molecular formula is C13H20O9. The predicted octanol–water partition coefficient (Wildman–Crippen LogP) is 2.32. The van der Waals surface area contributed by atoms with Crippen LogP contribution in [0.1, 0.15) is 33.1 Å². The third-order valence-corrected chi connectivity index (χ3v) is 2.97. The second kappa shape index (κ2) is 8.96. The van der Waals surface area contributed by atoms with Crippen molar-refractivity contribution in [2.75, 3.05) is 13.2 Å². The molecule has 1 saturated carbocycles. The minimum atomic E-state index is -1.41. The van der Waals surface area contributed by atoms with Gasteiger partial charge in [-0.15, -0.1) is 0 Å². The number of carboxylic acid groups (broad SMARTS) is 1. The molecule has 1 fully saturated rings. The number of rotatable bonds is 5. The van der Waals surface area contributed by atoms with Crippen LogP contribution < -0.4 is 0 Å². The van der Waals surface area contributed by atoms with Crippen LogP contribution in [0.25, 0.3) is 0 Å². The van der Waals surface area contributed by atoms with Crippen LogP contribution in [0.15, 0.2) is 0 Å². The third kappa shape index (κ3) is 6.06. The molecule has 22 heavy (non-hydrogen) atoms. The van der Waals surface area contributed by atoms with Crippen molar-refractivity contribution in [1.82, 2.24) is 0 Å². The Morgan fingerprint density at radius 1 is 0.909 bits per heavy atom. The molecule has 3 unspecified atom stereocenters. The smallest absolute Gasteiger partial charge is 0.450 e. The van der Waals surface area contributed by atoms with Crippen molar-refractivity contribution in [1.29, 1.82) is 0 Å². The minimum absolute atomic E-state index is 0.0786. The summed E-state index contributed by atoms with van der Waals surface area (Å²) in [7, 11) is 0. The second-order valence-corrected chi connectivity index (χ2v) is 4.50. The van der Waals surface area contributed by atoms with Crippen molar-refractivity contribution in [3.63, 3.8) is 0 Å². The monoisotopic (exact) mass is 320 g/mol. The summed E-state index contributed by atoms with van der Waals surface area (Å²) in [5.74, 6) is 0. The van der Waals surface area contributed by atoms with Crippen LogP contribution in [-0.4, -0.2) is 55.1 Å². The zero-order valence-electron chi connectivity index (χ0n) is 12.5. The lowest BCUT2D eigenvalue weighted by Gasteiger charge is -2.33. The Balaban J connectivity index is 2.65. The molecule has 1 aliphatic rings. The molecule has 0 aromatic rings. The Hall–Kier alpha value is -2.19. The van der Waals surface area contributed by atoms with Crippen molar-refractivity contribution < 1.29 is 43.2 Å². The zero-order valence-corrected chi connectivity index (χ0v) is 12.5. The minimum Gasteiger partial charge on any atom is -0.450 e. The average molecular weight is 320 g/mol. The van der Waals surface area contributed by atoms with Crippen LogP contribution in [0.2, 0.25) is 0 Å². The lowest BCUT2D eigenvalue weighted by atomic mass is 9.92. The van der Waals surface area contributed by atoms with Gasteiger partial charge in [-0.3, -0.25) is 0 Å². The maximum absolute atomic E-state index is 11.4. The van der Waals surface area contributed by atoms with Crippen LogP contribution in [0.4, 0.5) is 14.4 Å². The summed E-state index contributed by atoms with van der Waals surface area (Å²) < 4.78 is 24.2. The van der Waals surface area contributed by atoms with E-state index >= 15 is 0 Å². The molecule has 1 aliphatic carbocycles. The van der Waals surface area contributed by atoms with Gasteiger partial charge in [0.05, 0.1) is 13.2 Å². The maximum atomic E-state index is 11.4. The maximum Gasteiger partial charge on any atom is 0.508 e. The average Bonchev–Trinajstić information content (AvgIpc) is 2.41. The summed E-state index contributed by atoms with van der Waals surface area (Å²) in [6.07, 6.45) is -4.74. The Labute approximate surface area is 127 Å². The second-order valence-electron chi connectivity index (χ2n) is 4.50. The van der Waals surface area contributed by atoms with Gasteiger partial charge >= 0.3 is 18.5 Å². The van der Waals surface area contributed by atoms with E-state index < -0.39 is 36.8 Å². The van der Waals surface area contributed by atoms with Crippen LogP contribution in [0.5, 0.6) is 0 Å². The van der Waals surface area contributed by atoms with Gasteiger partial charge in [0, 0.05) is 6.42 Å². The summed E-state index contributed by atoms with van der Waals surface area (Å²) in [5, 5.41) is 8.64. The third-order valence-electron chi connectivity index (χ3n) is 2.97. The lowest BCUT2D eigenvalue weighted by molar-refractivity contribution is -0.0953. The first-order valence-corrected chi connectivity index (χ1v) is 7.02. The summed E-state index contributed by atoms with van der Waals surface area (Å²) in [6.45, 7) is 3.53. The van der Waals surface area contributed by atoms with Gasteiger partial charge in [0.1, 0.15) is 18.3 Å². The number of ether oxygens (including phenoxy) is 5. The summed E-state index contributed by atoms with van der Waals surface area (Å²) in [6, 6.07) is 0. The summed E-state index contributed by atoms with van der Waals surface area (Å²) in [4.78, 5) is 33.4. The topological polar surface area (TPSA) is 118 Å². The van der Waals surface area contributed by atoms with Gasteiger partial charge in [-0.05, 0) is 26.7 Å². The Kier molecular flexibility index (Phi) is 7.27. The molecular weight excluding hydrogens is 300 g/mol. The van der Waals surface area contributed by atoms with Crippen molar-refractivity contribution >= 4 is 18.5 Å². The normalized spacial score (nSPS) is 24.0. The van der Waals surface area contributed by atoms with Crippen LogP contribution in [0.3, 0.4) is 0 Å². The summed E-state index contributed by atoms with van der Waals surface area (Å²) >= 11 is 0. The van der Waals surface area contributed by atoms with Gasteiger partial charge < -0.3 is 28.8 Å². The van der Waals surface area contributed by atoms with Crippen molar-refractivity contribution in [2.45, 2.75) is 51.4 Å². The molecule has 0 aromatic carbocycles. The van der Waals surface area contributed by atoms with E-state index in [9.17, 15) is 14.4 Å². The Bertz CT molecular complexity index is 395. The van der Waals surface area contributed by atoms with Gasteiger partial charge in [-0.25, -0.2) is 14.4 Å². The van der Waals surface area contributed by atoms with E-state index in [0.29, 0.717) is 6.42 Å². The SMILES string of the molecule is CCOC(=O)OC1CCC(OC(=O)O)CC1OC(=O)OCC. The molecule has 1 rings (SSSR count). The number of carbonyl (C=O) groups is 3. The van der Waals surface area contributed by atoms with Gasteiger partial charge in [-0.1, -0.05) is 0 Å². The van der Waals surface area contributed by atoms with E-state index in [2.05, 4.69) is 14.2 Å². The fourth-order valence-electron chi connectivity index (χ4n) is 2.12. The van der Waals surface area contributed by atoms with E-state index in [1.807, 2.05) is 0 Å². The molecule has 0 saturated heterocycles. The Morgan fingerprint density at radius 2 is 1.45 bits per heavy atom. The molecule has 0 spiro atoms. The van der Waals surface area contributed by atoms with E-state index in [1.165, 1.54) is 0 Å². The molecule has 0 radical (unpaired) electrons. The van der Waals surface area contributed by atoms with E-state index in [-0.39, 0.29) is 26.1 Å². The summed E-state index contributed by atoms with van der Waals surface area (Å²) in [5.41, 5.74) is 0. The number of hydrogen-bond donors (Lipinski definition) is 1. The number of carbonyl (C=O) groups excluding carboxylic acids is 2. The predicted molar refractivity (Wildman–Crippen MR) is 70.5 cm³/mol. The highest BCUT2D eigenvalue weighted by molar-refractivity contribution is 5.61. The first-order valence-electron chi connectivity index (χ1n) is 7.02. The Morgan fingerprint density at radius 3 is 1.95 bits per heavy atom. The fraction of sp³-hybridized carbons (Fsp3) is 0.769. The van der Waals surface area contributed by atoms with E-state index in [4.69, 9.17) is 14.6 Å². The first-order chi connectivity index (χ1) is 10.5. The molecule has 0 heterocycles. The lowest BCUT2D eigenvalue weighted by Crippen LogP contribution is -2.43. The highest BCUT2D eigenvalue weighted by atomic mass is 16.8. The molecule has 0 aliphatic heterocycles. The van der Waals surface area contributed by atoms with Crippen molar-refractivity contribution in [2.24, 2.45) is 0 Å². The number of hydrogen-bond acceptors (Lipinski definition) is 8. The van der Waals surface area contributed by atoms with Gasteiger partial charge in [0.2, 0.25) is 0 Å². The van der Waals surface area contributed by atoms with Gasteiger partial charge in [0.15, 0.2) is 0 Å². The van der Waals surface area contributed by atoms with Gasteiger partial charge in [0.25, 0.3) is 0 Å². The van der Waals surface area contributed by atoms with E-state index in [0.717, 1.165) is 0 Å². The molecule has 126 valence electrons.